The fourth-order valence-corrected chi connectivity index (χ4v) is 13.2. The maximum Gasteiger partial charge on any atom is 0.490 e. The van der Waals surface area contributed by atoms with Crippen molar-refractivity contribution < 1.29 is 104 Å². The predicted molar refractivity (Wildman–Crippen MR) is 242 cm³/mol. The van der Waals surface area contributed by atoms with Gasteiger partial charge in [0.05, 0.1) is 45.9 Å². The second-order valence-corrected chi connectivity index (χ2v) is 23.7. The van der Waals surface area contributed by atoms with Crippen LogP contribution in [-0.2, 0) is 83.0 Å². The van der Waals surface area contributed by atoms with Crippen LogP contribution in [0.15, 0.2) is 45.6 Å². The van der Waals surface area contributed by atoms with Crippen molar-refractivity contribution in [3.8, 4) is 0 Å². The number of phosphoric acid groups is 3. The average Bonchev–Trinajstić information content (AvgIpc) is 4.10. The summed E-state index contributed by atoms with van der Waals surface area (Å²) >= 11 is 5.13. The molecule has 5 aromatic rings. The van der Waals surface area contributed by atoms with Gasteiger partial charge in [-0.05, 0) is 0 Å². The Labute approximate surface area is 417 Å². The molecule has 0 saturated carbocycles. The van der Waals surface area contributed by atoms with Crippen molar-refractivity contribution in [3.63, 3.8) is 0 Å². The quantitative estimate of drug-likeness (QED) is 0.0245. The molecule has 3 saturated heterocycles. The van der Waals surface area contributed by atoms with Crippen LogP contribution in [0.25, 0.3) is 22.3 Å². The number of aliphatic hydroxyl groups is 3. The number of ether oxygens (including phenoxy) is 5. The van der Waals surface area contributed by atoms with Gasteiger partial charge in [-0.1, -0.05) is 16.8 Å². The second-order valence-electron chi connectivity index (χ2n) is 16.3. The highest BCUT2D eigenvalue weighted by molar-refractivity contribution is 8.06. The molecule has 74 heavy (non-hydrogen) atoms. The normalized spacial score (nSPS) is 30.6. The van der Waals surface area contributed by atoms with E-state index >= 15 is 0 Å². The minimum atomic E-state index is -6.15. The Morgan fingerprint density at radius 2 is 1.49 bits per heavy atom. The minimum absolute atomic E-state index is 0.0151. The molecule has 16 atom stereocenters. The van der Waals surface area contributed by atoms with E-state index in [4.69, 9.17) is 65.1 Å². The number of nitrogens with two attached hydrogens (primary N) is 2. The number of nitrogen functional groups attached to an aromatic ring is 2. The van der Waals surface area contributed by atoms with E-state index in [2.05, 4.69) is 33.5 Å². The van der Waals surface area contributed by atoms with Crippen LogP contribution in [0.1, 0.15) is 18.7 Å². The summed E-state index contributed by atoms with van der Waals surface area (Å²) in [6.07, 6.45) is -12.5. The lowest BCUT2D eigenvalue weighted by molar-refractivity contribution is -0.745. The van der Waals surface area contributed by atoms with E-state index < -0.39 is 140 Å². The molecular formula is C33H46N12O24P4S. The molecule has 4 unspecified atom stereocenters. The van der Waals surface area contributed by atoms with Gasteiger partial charge in [-0.3, -0.25) is 42.3 Å². The topological polar surface area (TPSA) is 502 Å². The van der Waals surface area contributed by atoms with E-state index in [-0.39, 0.29) is 40.7 Å². The number of hydrogen-bond donors (Lipinski definition) is 10. The molecule has 0 aromatic carbocycles. The van der Waals surface area contributed by atoms with Crippen LogP contribution >= 0.6 is 30.2 Å². The number of imidazole rings is 2. The monoisotopic (exact) mass is 1150 g/mol. The fraction of sp³-hybridized carbons (Fsp3) is 0.576. The molecule has 0 radical (unpaired) electrons. The number of phosphoric ester groups is 2. The summed E-state index contributed by atoms with van der Waals surface area (Å²) in [6.45, 7) is -8.11. The molecule has 408 valence electrons. The zero-order valence-electron chi connectivity index (χ0n) is 38.1. The van der Waals surface area contributed by atoms with Crippen LogP contribution < -0.4 is 37.7 Å². The maximum absolute atomic E-state index is 13.8. The molecule has 12 N–H and O–H groups in total. The van der Waals surface area contributed by atoms with Gasteiger partial charge in [-0.2, -0.15) is 8.62 Å². The van der Waals surface area contributed by atoms with Crippen molar-refractivity contribution in [2.24, 2.45) is 13.0 Å². The lowest BCUT2D eigenvalue weighted by atomic mass is 9.99. The molecule has 3 aliphatic heterocycles. The number of nitrogens with one attached hydrogen (secondary N) is 2. The maximum atomic E-state index is 13.8. The summed E-state index contributed by atoms with van der Waals surface area (Å²) in [5.74, 6) is -1.36. The zero-order chi connectivity index (χ0) is 53.8. The Morgan fingerprint density at radius 1 is 0.824 bits per heavy atom. The Morgan fingerprint density at radius 3 is 2.15 bits per heavy atom. The summed E-state index contributed by atoms with van der Waals surface area (Å²) < 4.78 is 102. The molecule has 0 amide bonds. The van der Waals surface area contributed by atoms with E-state index in [1.165, 1.54) is 40.5 Å². The van der Waals surface area contributed by atoms with Crippen molar-refractivity contribution >= 4 is 76.1 Å². The Bertz CT molecular complexity index is 3270. The highest BCUT2D eigenvalue weighted by Gasteiger charge is 2.52. The number of hydrogen-bond acceptors (Lipinski definition) is 28. The molecule has 0 spiro atoms. The molecular weight excluding hydrogens is 1100 g/mol. The Hall–Kier alpha value is -4.20. The largest absolute Gasteiger partial charge is 0.780 e. The molecule has 5 aromatic heterocycles. The lowest BCUT2D eigenvalue weighted by Crippen LogP contribution is -2.45. The van der Waals surface area contributed by atoms with Gasteiger partial charge in [0, 0.05) is 32.4 Å². The van der Waals surface area contributed by atoms with E-state index in [1.54, 1.807) is 0 Å². The van der Waals surface area contributed by atoms with Crippen molar-refractivity contribution in [2.45, 2.75) is 67.5 Å². The Kier molecular flexibility index (Phi) is 16.4. The molecule has 41 heteroatoms. The fourth-order valence-electron chi connectivity index (χ4n) is 8.27. The first-order chi connectivity index (χ1) is 34.7. The number of anilines is 2. The summed E-state index contributed by atoms with van der Waals surface area (Å²) in [6, 6.07) is 0.949. The number of aromatic nitrogens is 10. The van der Waals surface area contributed by atoms with Gasteiger partial charge in [0.1, 0.15) is 61.3 Å². The SMILES string of the molecule is COC[C@H]1[C@@H](O)[C@H]([n+]2cn(C)c3c(=O)[nH]c(N)nc32)O[C@@H]1COP(=O)(O)OP(=O)(O)OP(=O)(O)OC[C@H]1O[C@@H](n2cnc3c(N)ncnc32)[C@H](OC)[C@@H]1OP([O-])(=S)OC[C@H]1O[C@@H](n2ccc(=O)[nH]c2=O)[C@H](O)[C@@H]1O. The van der Waals surface area contributed by atoms with Gasteiger partial charge in [0.2, 0.25) is 11.7 Å². The first-order valence-electron chi connectivity index (χ1n) is 21.1. The molecule has 0 aliphatic carbocycles. The highest BCUT2D eigenvalue weighted by atomic mass is 32.5. The standard InChI is InChI=1S/C33H46N12O24P4S/c1-42-12-45(27-19(42)28(50)41-32(35)40-27)29-20(47)13(6-59-2)14(64-29)7-61-70(52,53)68-72(56,57)69-71(54,55)62-9-16-23(24(60-3)31(66-16)44-11-38-18-25(34)36-10-37-26(18)44)67-73(58,74)63-8-15-21(48)22(49)30(65-15)43-5-4-17(46)39-33(43)51/h4-5,10-16,20-24,29-31,47-49H,6-9H2,1-3H3,(H9-,34,35,36,37,39,40,41,46,50,51,52,53,54,55,56,57,58,74)/t13-,14-,15-,16-,20-,21-,22-,23-,24-,29-,30-,31-,73?/m1/s1. The molecule has 8 heterocycles. The third kappa shape index (κ3) is 11.8. The Balaban J connectivity index is 0.939. The van der Waals surface area contributed by atoms with Crippen LogP contribution in [0.3, 0.4) is 0 Å². The molecule has 8 rings (SSSR count). The lowest BCUT2D eigenvalue weighted by Gasteiger charge is -2.34. The minimum Gasteiger partial charge on any atom is -0.780 e. The summed E-state index contributed by atoms with van der Waals surface area (Å²) in [5, 5.41) is 32.6. The van der Waals surface area contributed by atoms with Crippen molar-refractivity contribution in [2.75, 3.05) is 52.1 Å². The second kappa shape index (κ2) is 21.7. The number of fused-ring (bicyclic) bond motifs is 2. The predicted octanol–water partition coefficient (Wildman–Crippen LogP) is -4.49. The third-order valence-corrected chi connectivity index (χ3v) is 17.3. The first-order valence-corrected chi connectivity index (χ1v) is 28.1. The van der Waals surface area contributed by atoms with Gasteiger partial charge >= 0.3 is 34.8 Å². The van der Waals surface area contributed by atoms with Crippen molar-refractivity contribution in [3.05, 3.63) is 62.4 Å². The summed E-state index contributed by atoms with van der Waals surface area (Å²) in [5.41, 5.74) is 9.44. The number of methoxy groups -OCH3 is 2. The highest BCUT2D eigenvalue weighted by Crippen LogP contribution is 2.68. The van der Waals surface area contributed by atoms with Gasteiger partial charge < -0.3 is 79.1 Å². The van der Waals surface area contributed by atoms with Gasteiger partial charge in [-0.15, -0.1) is 0 Å². The molecule has 36 nitrogen and oxygen atoms in total. The van der Waals surface area contributed by atoms with Gasteiger partial charge in [0.25, 0.3) is 17.1 Å². The number of nitrogens with zero attached hydrogens (tertiary/aromatic N) is 8. The van der Waals surface area contributed by atoms with Crippen LogP contribution in [0.4, 0.5) is 11.8 Å². The average molecular weight is 1150 g/mol. The zero-order valence-corrected chi connectivity index (χ0v) is 42.5. The molecule has 3 fully saturated rings. The van der Waals surface area contributed by atoms with Crippen molar-refractivity contribution in [1.82, 2.24) is 43.6 Å². The van der Waals surface area contributed by atoms with Crippen LogP contribution in [0.5, 0.6) is 0 Å². The van der Waals surface area contributed by atoms with E-state index in [1.807, 2.05) is 4.98 Å². The number of aliphatic hydroxyl groups excluding tert-OH is 3. The van der Waals surface area contributed by atoms with Gasteiger partial charge in [-0.25, -0.2) is 38.0 Å². The summed E-state index contributed by atoms with van der Waals surface area (Å²) in [7, 11) is -13.9. The van der Waals surface area contributed by atoms with E-state index in [0.29, 0.717) is 0 Å². The molecule has 3 aliphatic rings. The number of rotatable bonds is 21. The van der Waals surface area contributed by atoms with E-state index in [0.717, 1.165) is 30.3 Å². The van der Waals surface area contributed by atoms with Gasteiger partial charge in [0.15, 0.2) is 30.2 Å². The number of aromatic amines is 2. The van der Waals surface area contributed by atoms with Crippen molar-refractivity contribution in [1.29, 1.82) is 0 Å². The summed E-state index contributed by atoms with van der Waals surface area (Å²) in [4.78, 5) is 102. The first kappa shape index (κ1) is 56.0. The number of H-pyrrole nitrogens is 2. The smallest absolute Gasteiger partial charge is 0.490 e. The van der Waals surface area contributed by atoms with Crippen LogP contribution in [0.2, 0.25) is 0 Å². The van der Waals surface area contributed by atoms with Crippen LogP contribution in [0, 0.1) is 5.92 Å². The molecule has 0 bridgehead atoms. The third-order valence-electron chi connectivity index (χ3n) is 11.5. The number of aryl methyl sites for hydroxylation is 1. The van der Waals surface area contributed by atoms with Crippen LogP contribution in [-0.4, -0.2) is 163 Å². The van der Waals surface area contributed by atoms with E-state index in [9.17, 15) is 63.0 Å².